The predicted octanol–water partition coefficient (Wildman–Crippen LogP) is 5.07. The minimum absolute atomic E-state index is 0.0196. The van der Waals surface area contributed by atoms with Crippen molar-refractivity contribution in [3.8, 4) is 0 Å². The van der Waals surface area contributed by atoms with Crippen LogP contribution in [0.5, 0.6) is 0 Å². The third-order valence-corrected chi connectivity index (χ3v) is 6.30. The van der Waals surface area contributed by atoms with Crippen LogP contribution < -0.4 is 16.4 Å². The average Bonchev–Trinajstić information content (AvgIpc) is 2.89. The summed E-state index contributed by atoms with van der Waals surface area (Å²) in [6.07, 6.45) is 14.5. The molecule has 0 aliphatic carbocycles. The minimum Gasteiger partial charge on any atom is -0.490 e. The van der Waals surface area contributed by atoms with Crippen LogP contribution in [0.1, 0.15) is 60.8 Å². The number of hydrogen-bond acceptors (Lipinski definition) is 7. The van der Waals surface area contributed by atoms with Crippen LogP contribution in [0.15, 0.2) is 71.2 Å². The van der Waals surface area contributed by atoms with E-state index in [1.165, 1.54) is 19.4 Å². The van der Waals surface area contributed by atoms with Crippen LogP contribution in [-0.4, -0.2) is 49.2 Å². The van der Waals surface area contributed by atoms with Gasteiger partial charge in [-0.3, -0.25) is 9.59 Å². The first-order chi connectivity index (χ1) is 19.6. The molecule has 232 valence electrons. The first-order valence-electron chi connectivity index (χ1n) is 13.7. The number of rotatable bonds is 14. The van der Waals surface area contributed by atoms with Gasteiger partial charge in [0.25, 0.3) is 0 Å². The molecular weight excluding hydrogens is 562 g/mol. The molecule has 4 atom stereocenters. The minimum atomic E-state index is -0.900. The summed E-state index contributed by atoms with van der Waals surface area (Å²) in [6.45, 7) is 11.1. The fourth-order valence-electron chi connectivity index (χ4n) is 3.93. The van der Waals surface area contributed by atoms with Crippen molar-refractivity contribution in [1.29, 1.82) is 0 Å². The molecule has 10 nitrogen and oxygen atoms in total. The van der Waals surface area contributed by atoms with Crippen molar-refractivity contribution < 1.29 is 33.4 Å². The topological polar surface area (TPSA) is 146 Å². The van der Waals surface area contributed by atoms with Gasteiger partial charge in [0.15, 0.2) is 5.76 Å². The number of hydrogen-bond donors (Lipinski definition) is 3. The Morgan fingerprint density at radius 3 is 2.43 bits per heavy atom. The van der Waals surface area contributed by atoms with Crippen LogP contribution in [0.2, 0.25) is 0 Å². The Labute approximate surface area is 253 Å². The lowest BCUT2D eigenvalue weighted by atomic mass is 9.86. The molecule has 1 aliphatic rings. The summed E-state index contributed by atoms with van der Waals surface area (Å²) >= 11 is 5.84. The van der Waals surface area contributed by atoms with Gasteiger partial charge in [0.2, 0.25) is 11.8 Å². The van der Waals surface area contributed by atoms with Crippen LogP contribution in [-0.2, 0) is 28.6 Å². The molecule has 11 heteroatoms. The van der Waals surface area contributed by atoms with Crippen molar-refractivity contribution in [3.05, 3.63) is 71.2 Å². The van der Waals surface area contributed by atoms with E-state index < -0.39 is 41.4 Å². The summed E-state index contributed by atoms with van der Waals surface area (Å²) in [5, 5.41) is 5.98. The highest BCUT2D eigenvalue weighted by atomic mass is 35.5. The maximum atomic E-state index is 12.9. The van der Waals surface area contributed by atoms with Gasteiger partial charge in [0.05, 0.1) is 7.11 Å². The molecule has 0 aromatic rings. The van der Waals surface area contributed by atoms with Gasteiger partial charge >= 0.3 is 12.1 Å². The number of methoxy groups -OCH3 is 1. The number of esters is 1. The normalized spacial score (nSPS) is 18.8. The molecule has 0 bridgehead atoms. The van der Waals surface area contributed by atoms with E-state index in [0.29, 0.717) is 24.3 Å². The second-order valence-electron chi connectivity index (χ2n) is 11.0. The Bertz CT molecular complexity index is 1140. The lowest BCUT2D eigenvalue weighted by Gasteiger charge is -2.29. The van der Waals surface area contributed by atoms with Crippen molar-refractivity contribution >= 4 is 35.5 Å². The van der Waals surface area contributed by atoms with Gasteiger partial charge in [0.1, 0.15) is 18.2 Å². The molecule has 1 heterocycles. The molecule has 0 aromatic heterocycles. The SMILES string of the molecule is COC1=CC[C@@H]([C@@H](C)/C=C(C)/C=C\C=C/C(=O)N[C@H](C(=O)N/C=C\C[C@@H](C/C=C(\C)Cl)OC(N)=O)C(C)(C)C)OC1=O. The summed E-state index contributed by atoms with van der Waals surface area (Å²) in [7, 11) is 1.43. The quantitative estimate of drug-likeness (QED) is 0.142. The first kappa shape index (κ1) is 36.2. The van der Waals surface area contributed by atoms with E-state index in [1.807, 2.05) is 46.8 Å². The molecule has 0 saturated carbocycles. The number of amides is 3. The monoisotopic (exact) mass is 605 g/mol. The van der Waals surface area contributed by atoms with Gasteiger partial charge < -0.3 is 30.6 Å². The Morgan fingerprint density at radius 1 is 1.19 bits per heavy atom. The Hall–Kier alpha value is -3.79. The summed E-state index contributed by atoms with van der Waals surface area (Å²) in [6, 6.07) is -0.823. The zero-order valence-electron chi connectivity index (χ0n) is 25.4. The number of cyclic esters (lactones) is 1. The van der Waals surface area contributed by atoms with E-state index in [1.54, 1.807) is 37.3 Å². The summed E-state index contributed by atoms with van der Waals surface area (Å²) in [5.41, 5.74) is 5.48. The fraction of sp³-hybridized carbons (Fsp3) is 0.484. The van der Waals surface area contributed by atoms with E-state index in [-0.39, 0.29) is 17.8 Å². The standard InChI is InChI=1S/C31H44ClN3O7/c1-20(19-21(2)24-16-17-25(40-7)29(38)42-24)11-8-9-13-26(36)35-27(31(4,5)6)28(37)34-18-10-12-23(41-30(33)39)15-14-22(3)32/h8-11,13-14,17-19,21,23-24,27H,12,15-16H2,1-7H3,(H2,33,39)(H,34,37)(H,35,36)/b11-8-,13-9-,18-10-,20-19+,22-14+/t21-,23-,24-,27+/m0/s1. The number of carbonyl (C=O) groups is 4. The number of nitrogens with two attached hydrogens (primary N) is 1. The van der Waals surface area contributed by atoms with E-state index in [0.717, 1.165) is 5.57 Å². The second kappa shape index (κ2) is 17.9. The molecule has 0 aromatic carbocycles. The van der Waals surface area contributed by atoms with Gasteiger partial charge in [-0.2, -0.15) is 0 Å². The average molecular weight is 606 g/mol. The van der Waals surface area contributed by atoms with Crippen molar-refractivity contribution in [1.82, 2.24) is 10.6 Å². The highest BCUT2D eigenvalue weighted by Crippen LogP contribution is 2.23. The number of primary amides is 1. The molecule has 0 spiro atoms. The van der Waals surface area contributed by atoms with Gasteiger partial charge in [-0.1, -0.05) is 81.3 Å². The molecule has 0 radical (unpaired) electrons. The maximum Gasteiger partial charge on any atom is 0.404 e. The molecule has 1 rings (SSSR count). The van der Waals surface area contributed by atoms with Crippen LogP contribution in [0.4, 0.5) is 4.79 Å². The van der Waals surface area contributed by atoms with Gasteiger partial charge in [-0.25, -0.2) is 9.59 Å². The highest BCUT2D eigenvalue weighted by molar-refractivity contribution is 6.29. The predicted molar refractivity (Wildman–Crippen MR) is 163 cm³/mol. The zero-order valence-corrected chi connectivity index (χ0v) is 26.2. The van der Waals surface area contributed by atoms with Crippen LogP contribution in [0, 0.1) is 11.3 Å². The van der Waals surface area contributed by atoms with Gasteiger partial charge in [-0.05, 0) is 31.5 Å². The third-order valence-electron chi connectivity index (χ3n) is 6.15. The molecule has 0 fully saturated rings. The Balaban J connectivity index is 2.70. The smallest absolute Gasteiger partial charge is 0.404 e. The molecule has 0 unspecified atom stereocenters. The number of nitrogens with one attached hydrogen (secondary N) is 2. The molecular formula is C31H44ClN3O7. The van der Waals surface area contributed by atoms with E-state index in [9.17, 15) is 19.2 Å². The molecule has 0 saturated heterocycles. The van der Waals surface area contributed by atoms with Crippen LogP contribution in [0.3, 0.4) is 0 Å². The largest absolute Gasteiger partial charge is 0.490 e. The third kappa shape index (κ3) is 14.2. The first-order valence-corrected chi connectivity index (χ1v) is 14.0. The molecule has 3 amide bonds. The summed E-state index contributed by atoms with van der Waals surface area (Å²) in [5.74, 6) is -1.10. The van der Waals surface area contributed by atoms with Crippen molar-refractivity contribution in [2.24, 2.45) is 17.1 Å². The molecule has 4 N–H and O–H groups in total. The zero-order chi connectivity index (χ0) is 31.9. The fourth-order valence-corrected chi connectivity index (χ4v) is 4.02. The number of allylic oxidation sites excluding steroid dienone is 5. The summed E-state index contributed by atoms with van der Waals surface area (Å²) in [4.78, 5) is 48.5. The van der Waals surface area contributed by atoms with Crippen LogP contribution in [0.25, 0.3) is 0 Å². The highest BCUT2D eigenvalue weighted by Gasteiger charge is 2.32. The van der Waals surface area contributed by atoms with E-state index in [4.69, 9.17) is 31.5 Å². The van der Waals surface area contributed by atoms with Crippen molar-refractivity contribution in [3.63, 3.8) is 0 Å². The molecule has 42 heavy (non-hydrogen) atoms. The Kier molecular flexibility index (Phi) is 15.4. The van der Waals surface area contributed by atoms with E-state index >= 15 is 0 Å². The maximum absolute atomic E-state index is 12.9. The Morgan fingerprint density at radius 2 is 1.86 bits per heavy atom. The van der Waals surface area contributed by atoms with E-state index in [2.05, 4.69) is 10.6 Å². The van der Waals surface area contributed by atoms with Crippen molar-refractivity contribution in [2.75, 3.05) is 7.11 Å². The lowest BCUT2D eigenvalue weighted by molar-refractivity contribution is -0.151. The number of carbonyl (C=O) groups excluding carboxylic acids is 4. The number of halogens is 1. The second-order valence-corrected chi connectivity index (χ2v) is 11.6. The lowest BCUT2D eigenvalue weighted by Crippen LogP contribution is -2.52. The van der Waals surface area contributed by atoms with Gasteiger partial charge in [0, 0.05) is 36.3 Å². The van der Waals surface area contributed by atoms with Crippen LogP contribution >= 0.6 is 11.6 Å². The number of ether oxygens (including phenoxy) is 3. The van der Waals surface area contributed by atoms with Crippen molar-refractivity contribution in [2.45, 2.75) is 79.1 Å². The molecule has 1 aliphatic heterocycles. The van der Waals surface area contributed by atoms with Gasteiger partial charge in [-0.15, -0.1) is 0 Å². The summed E-state index contributed by atoms with van der Waals surface area (Å²) < 4.78 is 15.5.